The first-order valence-corrected chi connectivity index (χ1v) is 5.99. The summed E-state index contributed by atoms with van der Waals surface area (Å²) in [5.41, 5.74) is -1.23. The maximum Gasteiger partial charge on any atom is 0.416 e. The molecule has 0 unspecified atom stereocenters. The minimum absolute atomic E-state index is 0.151. The molecule has 1 aromatic rings. The second-order valence-corrected chi connectivity index (χ2v) is 5.05. The molecule has 0 saturated heterocycles. The number of hydrogen-bond donors (Lipinski definition) is 1. The summed E-state index contributed by atoms with van der Waals surface area (Å²) in [7, 11) is 1.43. The topological polar surface area (TPSA) is 38.3 Å². The van der Waals surface area contributed by atoms with Gasteiger partial charge in [-0.2, -0.15) is 13.2 Å². The highest BCUT2D eigenvalue weighted by molar-refractivity contribution is 6.20. The summed E-state index contributed by atoms with van der Waals surface area (Å²) >= 11 is 0. The molecular formula is C14H14F3NO2. The van der Waals surface area contributed by atoms with Crippen molar-refractivity contribution in [3.8, 4) is 5.75 Å². The Morgan fingerprint density at radius 2 is 1.95 bits per heavy atom. The smallest absolute Gasteiger partial charge is 0.416 e. The van der Waals surface area contributed by atoms with Gasteiger partial charge < -0.3 is 10.1 Å². The van der Waals surface area contributed by atoms with Crippen molar-refractivity contribution in [3.63, 3.8) is 0 Å². The first kappa shape index (κ1) is 14.4. The maximum absolute atomic E-state index is 12.8. The third-order valence-electron chi connectivity index (χ3n) is 2.93. The molecule has 1 aromatic carbocycles. The van der Waals surface area contributed by atoms with E-state index in [0.29, 0.717) is 0 Å². The molecule has 3 nitrogen and oxygen atoms in total. The molecule has 6 heteroatoms. The van der Waals surface area contributed by atoms with E-state index in [1.807, 2.05) is 0 Å². The fraction of sp³-hybridized carbons (Fsp3) is 0.357. The van der Waals surface area contributed by atoms with E-state index in [2.05, 4.69) is 5.32 Å². The number of hydrogen-bond acceptors (Lipinski definition) is 2. The van der Waals surface area contributed by atoms with Crippen molar-refractivity contribution in [1.29, 1.82) is 0 Å². The lowest BCUT2D eigenvalue weighted by atomic mass is 9.93. The number of benzene rings is 1. The summed E-state index contributed by atoms with van der Waals surface area (Å²) in [6.45, 7) is 3.47. The highest BCUT2D eigenvalue weighted by Gasteiger charge is 2.35. The predicted octanol–water partition coefficient (Wildman–Crippen LogP) is 3.01. The lowest BCUT2D eigenvalue weighted by molar-refractivity contribution is -0.137. The number of likely N-dealkylation sites (N-methyl/N-ethyl adjacent to an activating group) is 1. The van der Waals surface area contributed by atoms with Crippen LogP contribution in [-0.2, 0) is 11.0 Å². The van der Waals surface area contributed by atoms with E-state index in [0.717, 1.165) is 12.1 Å². The number of alkyl halides is 3. The number of rotatable bonds is 1. The molecule has 1 N–H and O–H groups in total. The van der Waals surface area contributed by atoms with Crippen molar-refractivity contribution in [3.05, 3.63) is 35.4 Å². The van der Waals surface area contributed by atoms with E-state index < -0.39 is 23.2 Å². The van der Waals surface area contributed by atoms with Crippen LogP contribution in [-0.4, -0.2) is 18.6 Å². The molecule has 0 radical (unpaired) electrons. The zero-order valence-corrected chi connectivity index (χ0v) is 11.3. The molecule has 0 saturated carbocycles. The largest absolute Gasteiger partial charge is 0.483 e. The Labute approximate surface area is 114 Å². The Bertz CT molecular complexity index is 589. The van der Waals surface area contributed by atoms with Crippen LogP contribution in [0.25, 0.3) is 5.57 Å². The average Bonchev–Trinajstić information content (AvgIpc) is 2.34. The van der Waals surface area contributed by atoms with E-state index >= 15 is 0 Å². The summed E-state index contributed by atoms with van der Waals surface area (Å²) in [5.74, 6) is -0.175. The van der Waals surface area contributed by atoms with Crippen LogP contribution < -0.4 is 10.1 Å². The Hall–Kier alpha value is -1.98. The standard InChI is InChI=1S/C14H14F3NO2/c1-13(2)7-10(12(19)18-3)9-6-8(14(15,16)17)4-5-11(9)20-13/h4-7H,1-3H3,(H,18,19). The second-order valence-electron chi connectivity index (χ2n) is 5.05. The summed E-state index contributed by atoms with van der Waals surface area (Å²) in [5, 5.41) is 2.43. The highest BCUT2D eigenvalue weighted by atomic mass is 19.4. The fourth-order valence-electron chi connectivity index (χ4n) is 2.07. The Morgan fingerprint density at radius 1 is 1.30 bits per heavy atom. The van der Waals surface area contributed by atoms with Gasteiger partial charge in [-0.1, -0.05) is 0 Å². The molecule has 1 aliphatic rings. The summed E-state index contributed by atoms with van der Waals surface area (Å²) in [6, 6.07) is 3.13. The van der Waals surface area contributed by atoms with Crippen molar-refractivity contribution in [2.75, 3.05) is 7.05 Å². The average molecular weight is 285 g/mol. The Kier molecular flexibility index (Phi) is 3.28. The normalized spacial score (nSPS) is 16.8. The van der Waals surface area contributed by atoms with Crippen molar-refractivity contribution in [1.82, 2.24) is 5.32 Å². The van der Waals surface area contributed by atoms with Gasteiger partial charge in [-0.25, -0.2) is 0 Å². The van der Waals surface area contributed by atoms with Gasteiger partial charge in [0.25, 0.3) is 5.91 Å². The molecule has 1 heterocycles. The molecule has 108 valence electrons. The molecule has 2 rings (SSSR count). The summed E-state index contributed by atoms with van der Waals surface area (Å²) in [4.78, 5) is 11.9. The van der Waals surface area contributed by atoms with Crippen LogP contribution in [0.1, 0.15) is 25.0 Å². The number of amides is 1. The number of halogens is 3. The van der Waals surface area contributed by atoms with Crippen LogP contribution in [0.5, 0.6) is 5.75 Å². The van der Waals surface area contributed by atoms with E-state index in [-0.39, 0.29) is 16.9 Å². The van der Waals surface area contributed by atoms with E-state index in [9.17, 15) is 18.0 Å². The third-order valence-corrected chi connectivity index (χ3v) is 2.93. The number of carbonyl (C=O) groups excluding carboxylic acids is 1. The first-order valence-electron chi connectivity index (χ1n) is 5.99. The molecule has 0 aliphatic carbocycles. The highest BCUT2D eigenvalue weighted by Crippen LogP contribution is 2.40. The van der Waals surface area contributed by atoms with Crippen LogP contribution in [0.2, 0.25) is 0 Å². The number of carbonyl (C=O) groups is 1. The molecule has 0 spiro atoms. The molecule has 0 aromatic heterocycles. The molecule has 1 amide bonds. The van der Waals surface area contributed by atoms with E-state index in [1.54, 1.807) is 13.8 Å². The summed E-state index contributed by atoms with van der Waals surface area (Å²) < 4.78 is 43.9. The van der Waals surface area contributed by atoms with Gasteiger partial charge in [0.05, 0.1) is 11.1 Å². The van der Waals surface area contributed by atoms with E-state index in [1.165, 1.54) is 19.2 Å². The minimum atomic E-state index is -4.46. The lowest BCUT2D eigenvalue weighted by Crippen LogP contribution is -2.32. The molecule has 20 heavy (non-hydrogen) atoms. The van der Waals surface area contributed by atoms with Gasteiger partial charge in [0.2, 0.25) is 0 Å². The Morgan fingerprint density at radius 3 is 2.50 bits per heavy atom. The van der Waals surface area contributed by atoms with Gasteiger partial charge in [0.1, 0.15) is 11.4 Å². The number of fused-ring (bicyclic) bond motifs is 1. The van der Waals surface area contributed by atoms with Gasteiger partial charge in [-0.15, -0.1) is 0 Å². The van der Waals surface area contributed by atoms with Crippen LogP contribution in [0.15, 0.2) is 24.3 Å². The zero-order valence-electron chi connectivity index (χ0n) is 11.3. The Balaban J connectivity index is 2.60. The number of nitrogens with one attached hydrogen (secondary N) is 1. The minimum Gasteiger partial charge on any atom is -0.483 e. The summed E-state index contributed by atoms with van der Waals surface area (Å²) in [6.07, 6.45) is -2.94. The van der Waals surface area contributed by atoms with Gasteiger partial charge >= 0.3 is 6.18 Å². The van der Waals surface area contributed by atoms with Gasteiger partial charge in [-0.05, 0) is 38.1 Å². The van der Waals surface area contributed by atoms with Gasteiger partial charge in [0.15, 0.2) is 0 Å². The predicted molar refractivity (Wildman–Crippen MR) is 68.2 cm³/mol. The zero-order chi connectivity index (χ0) is 15.1. The lowest BCUT2D eigenvalue weighted by Gasteiger charge is -2.31. The van der Waals surface area contributed by atoms with Gasteiger partial charge in [-0.3, -0.25) is 4.79 Å². The van der Waals surface area contributed by atoms with Crippen molar-refractivity contribution < 1.29 is 22.7 Å². The van der Waals surface area contributed by atoms with Crippen LogP contribution >= 0.6 is 0 Å². The van der Waals surface area contributed by atoms with Crippen LogP contribution in [0.3, 0.4) is 0 Å². The quantitative estimate of drug-likeness (QED) is 0.861. The fourth-order valence-corrected chi connectivity index (χ4v) is 2.07. The molecular weight excluding hydrogens is 271 g/mol. The first-order chi connectivity index (χ1) is 9.14. The van der Waals surface area contributed by atoms with Crippen LogP contribution in [0, 0.1) is 0 Å². The molecule has 0 atom stereocenters. The van der Waals surface area contributed by atoms with Crippen molar-refractivity contribution >= 4 is 11.5 Å². The number of ether oxygens (including phenoxy) is 1. The van der Waals surface area contributed by atoms with Gasteiger partial charge in [0, 0.05) is 12.6 Å². The van der Waals surface area contributed by atoms with Crippen molar-refractivity contribution in [2.45, 2.75) is 25.6 Å². The SMILES string of the molecule is CNC(=O)C1=CC(C)(C)Oc2ccc(C(F)(F)F)cc21. The second kappa shape index (κ2) is 4.54. The third kappa shape index (κ3) is 2.64. The molecule has 0 fully saturated rings. The monoisotopic (exact) mass is 285 g/mol. The van der Waals surface area contributed by atoms with Crippen molar-refractivity contribution in [2.24, 2.45) is 0 Å². The van der Waals surface area contributed by atoms with Crippen LogP contribution in [0.4, 0.5) is 13.2 Å². The molecule has 1 aliphatic heterocycles. The van der Waals surface area contributed by atoms with E-state index in [4.69, 9.17) is 4.74 Å². The molecule has 0 bridgehead atoms. The maximum atomic E-state index is 12.8.